The molecule has 1 heteroatoms. The molecule has 0 saturated heterocycles. The second kappa shape index (κ2) is 14.4. The Morgan fingerprint density at radius 2 is 1.29 bits per heavy atom. The van der Waals surface area contributed by atoms with E-state index in [4.69, 9.17) is 0 Å². The standard InChI is InChI=1S/C27H42N/c1-3-5-6-7-8-9-10-11-12-13-15-19-25-20-18-23-28(24-25)27(4-2)26-21-16-14-17-22-26/h14,16-18,20-24,27H,3-13,15,19H2,1-2H3/q+1. The van der Waals surface area contributed by atoms with Gasteiger partial charge in [0.15, 0.2) is 18.4 Å². The van der Waals surface area contributed by atoms with Crippen molar-refractivity contribution in [1.82, 2.24) is 0 Å². The highest BCUT2D eigenvalue weighted by Crippen LogP contribution is 2.16. The SMILES string of the molecule is CCCCCCCCCCCCCc1ccc[n+](C(CC)c2ccccc2)c1. The number of aromatic nitrogens is 1. The minimum Gasteiger partial charge on any atom is -0.198 e. The molecule has 0 N–H and O–H groups in total. The topological polar surface area (TPSA) is 3.88 Å². The summed E-state index contributed by atoms with van der Waals surface area (Å²) in [6.07, 6.45) is 22.5. The first-order valence-corrected chi connectivity index (χ1v) is 11.9. The van der Waals surface area contributed by atoms with E-state index in [1.807, 2.05) is 0 Å². The van der Waals surface area contributed by atoms with E-state index in [0.717, 1.165) is 6.42 Å². The van der Waals surface area contributed by atoms with Crippen LogP contribution >= 0.6 is 0 Å². The Kier molecular flexibility index (Phi) is 11.6. The van der Waals surface area contributed by atoms with Gasteiger partial charge >= 0.3 is 0 Å². The average Bonchev–Trinajstić information content (AvgIpc) is 2.74. The fourth-order valence-electron chi connectivity index (χ4n) is 4.17. The van der Waals surface area contributed by atoms with Crippen LogP contribution in [0.15, 0.2) is 54.9 Å². The molecule has 1 nitrogen and oxygen atoms in total. The number of unbranched alkanes of at least 4 members (excludes halogenated alkanes) is 10. The molecule has 1 heterocycles. The minimum absolute atomic E-state index is 0.443. The van der Waals surface area contributed by atoms with Crippen LogP contribution in [0.4, 0.5) is 0 Å². The normalized spacial score (nSPS) is 12.2. The molecular weight excluding hydrogens is 338 g/mol. The molecule has 1 aromatic heterocycles. The largest absolute Gasteiger partial charge is 0.198 e. The second-order valence-electron chi connectivity index (χ2n) is 8.28. The number of hydrogen-bond acceptors (Lipinski definition) is 0. The van der Waals surface area contributed by atoms with Crippen molar-refractivity contribution in [2.45, 2.75) is 103 Å². The highest BCUT2D eigenvalue weighted by atomic mass is 15.0. The van der Waals surface area contributed by atoms with E-state index in [0.29, 0.717) is 6.04 Å². The van der Waals surface area contributed by atoms with Crippen molar-refractivity contribution in [3.05, 3.63) is 66.0 Å². The van der Waals surface area contributed by atoms with Gasteiger partial charge < -0.3 is 0 Å². The van der Waals surface area contributed by atoms with Crippen molar-refractivity contribution in [2.75, 3.05) is 0 Å². The molecule has 1 aromatic carbocycles. The maximum atomic E-state index is 2.41. The zero-order chi connectivity index (χ0) is 19.9. The van der Waals surface area contributed by atoms with Gasteiger partial charge in [0.25, 0.3) is 0 Å². The molecule has 0 aliphatic carbocycles. The molecule has 0 radical (unpaired) electrons. The van der Waals surface area contributed by atoms with E-state index in [1.54, 1.807) is 0 Å². The monoisotopic (exact) mass is 380 g/mol. The first kappa shape index (κ1) is 22.7. The van der Waals surface area contributed by atoms with E-state index < -0.39 is 0 Å². The predicted octanol–water partition coefficient (Wildman–Crippen LogP) is 7.83. The molecule has 0 amide bonds. The Labute approximate surface area is 174 Å². The van der Waals surface area contributed by atoms with Gasteiger partial charge in [-0.15, -0.1) is 0 Å². The lowest BCUT2D eigenvalue weighted by Gasteiger charge is -2.11. The maximum absolute atomic E-state index is 2.41. The molecule has 28 heavy (non-hydrogen) atoms. The van der Waals surface area contributed by atoms with Gasteiger partial charge in [-0.3, -0.25) is 0 Å². The molecule has 2 rings (SSSR count). The molecule has 1 unspecified atom stereocenters. The van der Waals surface area contributed by atoms with Crippen LogP contribution in [0.2, 0.25) is 0 Å². The summed E-state index contributed by atoms with van der Waals surface area (Å²) in [6.45, 7) is 4.57. The van der Waals surface area contributed by atoms with Crippen LogP contribution in [-0.2, 0) is 6.42 Å². The lowest BCUT2D eigenvalue weighted by molar-refractivity contribution is -0.714. The second-order valence-corrected chi connectivity index (χ2v) is 8.28. The number of rotatable bonds is 15. The average molecular weight is 381 g/mol. The summed E-state index contributed by atoms with van der Waals surface area (Å²) in [4.78, 5) is 0. The summed E-state index contributed by atoms with van der Waals surface area (Å²) in [5, 5.41) is 0. The fraction of sp³-hybridized carbons (Fsp3) is 0.593. The predicted molar refractivity (Wildman–Crippen MR) is 122 cm³/mol. The number of pyridine rings is 1. The van der Waals surface area contributed by atoms with Crippen molar-refractivity contribution in [1.29, 1.82) is 0 Å². The van der Waals surface area contributed by atoms with Crippen LogP contribution in [0.3, 0.4) is 0 Å². The molecule has 2 aromatic rings. The molecule has 0 aliphatic heterocycles. The van der Waals surface area contributed by atoms with Crippen molar-refractivity contribution >= 4 is 0 Å². The van der Waals surface area contributed by atoms with E-state index in [9.17, 15) is 0 Å². The van der Waals surface area contributed by atoms with Crippen molar-refractivity contribution in [3.63, 3.8) is 0 Å². The maximum Gasteiger partial charge on any atom is 0.183 e. The van der Waals surface area contributed by atoms with Crippen LogP contribution in [0.1, 0.15) is 108 Å². The van der Waals surface area contributed by atoms with Crippen LogP contribution < -0.4 is 4.57 Å². The van der Waals surface area contributed by atoms with Gasteiger partial charge in [-0.1, -0.05) is 108 Å². The quantitative estimate of drug-likeness (QED) is 0.219. The van der Waals surface area contributed by atoms with Gasteiger partial charge in [0.1, 0.15) is 0 Å². The van der Waals surface area contributed by atoms with E-state index >= 15 is 0 Å². The van der Waals surface area contributed by atoms with Crippen LogP contribution in [-0.4, -0.2) is 0 Å². The Bertz CT molecular complexity index is 619. The molecule has 1 atom stereocenters. The fourth-order valence-corrected chi connectivity index (χ4v) is 4.17. The van der Waals surface area contributed by atoms with Gasteiger partial charge in [-0.2, -0.15) is 4.57 Å². The number of nitrogens with zero attached hydrogens (tertiary/aromatic N) is 1. The van der Waals surface area contributed by atoms with Crippen molar-refractivity contribution in [2.24, 2.45) is 0 Å². The summed E-state index contributed by atoms with van der Waals surface area (Å²) in [7, 11) is 0. The summed E-state index contributed by atoms with van der Waals surface area (Å²) < 4.78 is 2.41. The summed E-state index contributed by atoms with van der Waals surface area (Å²) >= 11 is 0. The van der Waals surface area contributed by atoms with Crippen molar-refractivity contribution in [3.8, 4) is 0 Å². The zero-order valence-corrected chi connectivity index (χ0v) is 18.4. The van der Waals surface area contributed by atoms with Gasteiger partial charge in [0.05, 0.1) is 0 Å². The third-order valence-corrected chi connectivity index (χ3v) is 5.88. The summed E-state index contributed by atoms with van der Waals surface area (Å²) in [5.74, 6) is 0. The minimum atomic E-state index is 0.443. The highest BCUT2D eigenvalue weighted by molar-refractivity contribution is 5.17. The molecule has 0 saturated carbocycles. The van der Waals surface area contributed by atoms with Gasteiger partial charge in [0.2, 0.25) is 0 Å². The number of aryl methyl sites for hydroxylation is 1. The van der Waals surface area contributed by atoms with Gasteiger partial charge in [-0.05, 0) is 18.9 Å². The van der Waals surface area contributed by atoms with E-state index in [2.05, 4.69) is 73.3 Å². The summed E-state index contributed by atoms with van der Waals surface area (Å²) in [5.41, 5.74) is 2.88. The Balaban J connectivity index is 1.65. The third-order valence-electron chi connectivity index (χ3n) is 5.88. The van der Waals surface area contributed by atoms with E-state index in [1.165, 1.54) is 88.2 Å². The molecule has 0 bridgehead atoms. The Morgan fingerprint density at radius 3 is 1.89 bits per heavy atom. The number of benzene rings is 1. The first-order chi connectivity index (χ1) is 13.8. The summed E-state index contributed by atoms with van der Waals surface area (Å²) in [6, 6.07) is 15.9. The van der Waals surface area contributed by atoms with Crippen LogP contribution in [0.25, 0.3) is 0 Å². The first-order valence-electron chi connectivity index (χ1n) is 11.9. The number of hydrogen-bond donors (Lipinski definition) is 0. The zero-order valence-electron chi connectivity index (χ0n) is 18.4. The third kappa shape index (κ3) is 8.59. The molecule has 154 valence electrons. The molecule has 0 fully saturated rings. The molecular formula is C27H42N+. The smallest absolute Gasteiger partial charge is 0.183 e. The molecule has 0 aliphatic rings. The lowest BCUT2D eigenvalue weighted by atomic mass is 10.0. The van der Waals surface area contributed by atoms with Gasteiger partial charge in [0, 0.05) is 23.6 Å². The Morgan fingerprint density at radius 1 is 0.679 bits per heavy atom. The molecule has 0 spiro atoms. The lowest BCUT2D eigenvalue weighted by Crippen LogP contribution is -2.39. The van der Waals surface area contributed by atoms with Gasteiger partial charge in [-0.25, -0.2) is 0 Å². The van der Waals surface area contributed by atoms with E-state index in [-0.39, 0.29) is 0 Å². The van der Waals surface area contributed by atoms with Crippen LogP contribution in [0.5, 0.6) is 0 Å². The highest BCUT2D eigenvalue weighted by Gasteiger charge is 2.18. The Hall–Kier alpha value is -1.63. The van der Waals surface area contributed by atoms with Crippen molar-refractivity contribution < 1.29 is 4.57 Å². The van der Waals surface area contributed by atoms with Crippen LogP contribution in [0, 0.1) is 0 Å².